The number of alkyl halides is 3. The van der Waals surface area contributed by atoms with E-state index >= 15 is 0 Å². The number of nitrogens with zero attached hydrogens (tertiary/aromatic N) is 3. The van der Waals surface area contributed by atoms with Crippen molar-refractivity contribution in [2.75, 3.05) is 10.6 Å². The first-order valence-corrected chi connectivity index (χ1v) is 8.41. The summed E-state index contributed by atoms with van der Waals surface area (Å²) >= 11 is 5.24. The second-order valence-electron chi connectivity index (χ2n) is 5.86. The van der Waals surface area contributed by atoms with E-state index in [4.69, 9.17) is 12.2 Å². The molecule has 1 heterocycles. The molecule has 0 aliphatic carbocycles. The van der Waals surface area contributed by atoms with Crippen molar-refractivity contribution in [2.24, 2.45) is 0 Å². The van der Waals surface area contributed by atoms with Crippen molar-refractivity contribution in [3.8, 4) is 0 Å². The molecule has 2 N–H and O–H groups in total. The van der Waals surface area contributed by atoms with Gasteiger partial charge in [0.15, 0.2) is 5.11 Å². The highest BCUT2D eigenvalue weighted by atomic mass is 32.1. The molecule has 1 aromatic heterocycles. The summed E-state index contributed by atoms with van der Waals surface area (Å²) in [5.74, 6) is 0.257. The lowest BCUT2D eigenvalue weighted by atomic mass is 10.1. The first-order valence-electron chi connectivity index (χ1n) is 8.00. The third kappa shape index (κ3) is 5.04. The Balaban J connectivity index is 1.63. The molecule has 0 saturated heterocycles. The number of thiocarbonyl (C=S) groups is 1. The molecule has 140 valence electrons. The van der Waals surface area contributed by atoms with E-state index in [1.165, 1.54) is 17.1 Å². The fraction of sp³-hybridized carbons (Fsp3) is 0.167. The number of hydrogen-bond donors (Lipinski definition) is 2. The van der Waals surface area contributed by atoms with Gasteiger partial charge in [-0.05, 0) is 48.5 Å². The Morgan fingerprint density at radius 2 is 1.89 bits per heavy atom. The van der Waals surface area contributed by atoms with Gasteiger partial charge in [0.25, 0.3) is 0 Å². The Bertz CT molecular complexity index is 952. The molecule has 0 atom stereocenters. The number of aromatic nitrogens is 3. The third-order valence-corrected chi connectivity index (χ3v) is 3.96. The van der Waals surface area contributed by atoms with Gasteiger partial charge in [0, 0.05) is 5.69 Å². The predicted octanol–water partition coefficient (Wildman–Crippen LogP) is 4.46. The van der Waals surface area contributed by atoms with Gasteiger partial charge in [0.05, 0.1) is 12.1 Å². The van der Waals surface area contributed by atoms with Crippen LogP contribution in [0.5, 0.6) is 0 Å². The first kappa shape index (κ1) is 18.8. The molecule has 3 aromatic rings. The second kappa shape index (κ2) is 7.75. The van der Waals surface area contributed by atoms with Crippen LogP contribution in [-0.4, -0.2) is 19.9 Å². The summed E-state index contributed by atoms with van der Waals surface area (Å²) in [5, 5.41) is 10.4. The zero-order valence-corrected chi connectivity index (χ0v) is 15.1. The fourth-order valence-electron chi connectivity index (χ4n) is 2.43. The lowest BCUT2D eigenvalue weighted by Gasteiger charge is -2.10. The molecule has 0 spiro atoms. The maximum absolute atomic E-state index is 12.8. The van der Waals surface area contributed by atoms with Crippen LogP contribution < -0.4 is 10.6 Å². The van der Waals surface area contributed by atoms with Crippen LogP contribution in [0.3, 0.4) is 0 Å². The van der Waals surface area contributed by atoms with E-state index in [0.29, 0.717) is 10.7 Å². The van der Waals surface area contributed by atoms with E-state index in [1.54, 1.807) is 6.07 Å². The van der Waals surface area contributed by atoms with Crippen molar-refractivity contribution >= 4 is 29.0 Å². The van der Waals surface area contributed by atoms with Gasteiger partial charge in [0.2, 0.25) is 5.95 Å². The molecular weight excluding hydrogens is 375 g/mol. The highest BCUT2D eigenvalue weighted by molar-refractivity contribution is 7.80. The van der Waals surface area contributed by atoms with Gasteiger partial charge in [-0.2, -0.15) is 13.2 Å². The number of halogens is 3. The first-order chi connectivity index (χ1) is 12.8. The van der Waals surface area contributed by atoms with Crippen molar-refractivity contribution in [3.63, 3.8) is 0 Å². The minimum atomic E-state index is -4.38. The van der Waals surface area contributed by atoms with E-state index in [-0.39, 0.29) is 12.5 Å². The molecular formula is C18H16F3N5S. The number of anilines is 2. The van der Waals surface area contributed by atoms with Gasteiger partial charge in [-0.25, -0.2) is 9.67 Å². The summed E-state index contributed by atoms with van der Waals surface area (Å²) in [6, 6.07) is 12.8. The molecule has 27 heavy (non-hydrogen) atoms. The Morgan fingerprint density at radius 3 is 2.63 bits per heavy atom. The topological polar surface area (TPSA) is 54.8 Å². The zero-order chi connectivity index (χ0) is 19.4. The van der Waals surface area contributed by atoms with Gasteiger partial charge < -0.3 is 5.32 Å². The van der Waals surface area contributed by atoms with Crippen molar-refractivity contribution < 1.29 is 13.2 Å². The van der Waals surface area contributed by atoms with E-state index in [2.05, 4.69) is 20.7 Å². The van der Waals surface area contributed by atoms with Crippen molar-refractivity contribution in [1.29, 1.82) is 0 Å². The number of rotatable bonds is 4. The molecule has 0 aliphatic rings. The van der Waals surface area contributed by atoms with Crippen LogP contribution in [0, 0.1) is 6.92 Å². The number of benzene rings is 2. The third-order valence-electron chi connectivity index (χ3n) is 3.75. The summed E-state index contributed by atoms with van der Waals surface area (Å²) in [6.07, 6.45) is -2.95. The summed E-state index contributed by atoms with van der Waals surface area (Å²) < 4.78 is 39.8. The van der Waals surface area contributed by atoms with Crippen molar-refractivity contribution in [3.05, 3.63) is 71.5 Å². The SMILES string of the molecule is Cc1ccccc1NC(=S)Nc1ncn(Cc2cccc(C(F)(F)F)c2)n1. The molecule has 2 aromatic carbocycles. The molecule has 0 radical (unpaired) electrons. The van der Waals surface area contributed by atoms with Crippen LogP contribution in [0.15, 0.2) is 54.9 Å². The van der Waals surface area contributed by atoms with Crippen LogP contribution in [0.25, 0.3) is 0 Å². The molecule has 5 nitrogen and oxygen atoms in total. The second-order valence-corrected chi connectivity index (χ2v) is 6.27. The predicted molar refractivity (Wildman–Crippen MR) is 102 cm³/mol. The minimum Gasteiger partial charge on any atom is -0.332 e. The molecule has 0 unspecified atom stereocenters. The molecule has 0 amide bonds. The Labute approximate surface area is 159 Å². The van der Waals surface area contributed by atoms with E-state index < -0.39 is 11.7 Å². The molecule has 3 rings (SSSR count). The average Bonchev–Trinajstić information content (AvgIpc) is 3.03. The molecule has 9 heteroatoms. The van der Waals surface area contributed by atoms with Crippen LogP contribution in [0.4, 0.5) is 24.8 Å². The maximum Gasteiger partial charge on any atom is 0.416 e. The Hall–Kier alpha value is -2.94. The quantitative estimate of drug-likeness (QED) is 0.643. The van der Waals surface area contributed by atoms with Crippen molar-refractivity contribution in [1.82, 2.24) is 14.8 Å². The maximum atomic E-state index is 12.8. The largest absolute Gasteiger partial charge is 0.416 e. The van der Waals surface area contributed by atoms with Gasteiger partial charge >= 0.3 is 6.18 Å². The van der Waals surface area contributed by atoms with Crippen LogP contribution in [-0.2, 0) is 12.7 Å². The van der Waals surface area contributed by atoms with Crippen LogP contribution in [0.1, 0.15) is 16.7 Å². The standard InChI is InChI=1S/C18H16F3N5S/c1-12-5-2-3-8-15(12)23-17(27)24-16-22-11-26(25-16)10-13-6-4-7-14(9-13)18(19,20)21/h2-9,11H,10H2,1H3,(H2,23,24,25,27). The number of para-hydroxylation sites is 1. The lowest BCUT2D eigenvalue weighted by Crippen LogP contribution is -2.20. The summed E-state index contributed by atoms with van der Waals surface area (Å²) in [5.41, 5.74) is 1.67. The zero-order valence-electron chi connectivity index (χ0n) is 14.3. The minimum absolute atomic E-state index is 0.163. The van der Waals surface area contributed by atoms with E-state index in [0.717, 1.165) is 23.4 Å². The summed E-state index contributed by atoms with van der Waals surface area (Å²) in [7, 11) is 0. The van der Waals surface area contributed by atoms with Gasteiger partial charge in [-0.15, -0.1) is 5.10 Å². The highest BCUT2D eigenvalue weighted by Crippen LogP contribution is 2.29. The van der Waals surface area contributed by atoms with E-state index in [1.807, 2.05) is 31.2 Å². The smallest absolute Gasteiger partial charge is 0.332 e. The average molecular weight is 391 g/mol. The van der Waals surface area contributed by atoms with Gasteiger partial charge in [-0.1, -0.05) is 30.3 Å². The lowest BCUT2D eigenvalue weighted by molar-refractivity contribution is -0.137. The fourth-order valence-corrected chi connectivity index (χ4v) is 2.63. The Kier molecular flexibility index (Phi) is 5.41. The molecule has 0 bridgehead atoms. The summed E-state index contributed by atoms with van der Waals surface area (Å²) in [4.78, 5) is 4.08. The molecule has 0 saturated carbocycles. The number of aryl methyl sites for hydroxylation is 1. The van der Waals surface area contributed by atoms with Crippen LogP contribution >= 0.6 is 12.2 Å². The summed E-state index contributed by atoms with van der Waals surface area (Å²) in [6.45, 7) is 2.11. The van der Waals surface area contributed by atoms with E-state index in [9.17, 15) is 13.2 Å². The van der Waals surface area contributed by atoms with Crippen LogP contribution in [0.2, 0.25) is 0 Å². The van der Waals surface area contributed by atoms with Crippen molar-refractivity contribution in [2.45, 2.75) is 19.6 Å². The number of nitrogens with one attached hydrogen (secondary N) is 2. The normalized spacial score (nSPS) is 11.3. The number of hydrogen-bond acceptors (Lipinski definition) is 3. The van der Waals surface area contributed by atoms with Gasteiger partial charge in [0.1, 0.15) is 6.33 Å². The Morgan fingerprint density at radius 1 is 1.11 bits per heavy atom. The molecule has 0 aliphatic heterocycles. The molecule has 0 fully saturated rings. The van der Waals surface area contributed by atoms with Gasteiger partial charge in [-0.3, -0.25) is 5.32 Å². The monoisotopic (exact) mass is 391 g/mol. The highest BCUT2D eigenvalue weighted by Gasteiger charge is 2.30.